The standard InChI is InChI=1S/C11H13BrO2/c1-7-8(2)11(14-3)5-4-9(7)10(13)6-12/h4-5H,6H2,1-3H3. The largest absolute Gasteiger partial charge is 0.496 e. The van der Waals surface area contributed by atoms with E-state index in [-0.39, 0.29) is 5.78 Å². The summed E-state index contributed by atoms with van der Waals surface area (Å²) in [5, 5.41) is 0.361. The Kier molecular flexibility index (Phi) is 3.69. The summed E-state index contributed by atoms with van der Waals surface area (Å²) >= 11 is 3.17. The summed E-state index contributed by atoms with van der Waals surface area (Å²) in [7, 11) is 1.63. The van der Waals surface area contributed by atoms with Gasteiger partial charge in [-0.05, 0) is 37.1 Å². The van der Waals surface area contributed by atoms with Gasteiger partial charge in [-0.25, -0.2) is 0 Å². The van der Waals surface area contributed by atoms with Gasteiger partial charge in [-0.2, -0.15) is 0 Å². The number of rotatable bonds is 3. The van der Waals surface area contributed by atoms with E-state index in [4.69, 9.17) is 4.74 Å². The van der Waals surface area contributed by atoms with Gasteiger partial charge in [0.25, 0.3) is 0 Å². The van der Waals surface area contributed by atoms with Crippen LogP contribution in [0.3, 0.4) is 0 Å². The number of carbonyl (C=O) groups is 1. The van der Waals surface area contributed by atoms with Gasteiger partial charge in [-0.15, -0.1) is 0 Å². The number of hydrogen-bond acceptors (Lipinski definition) is 2. The molecule has 3 heteroatoms. The van der Waals surface area contributed by atoms with Gasteiger partial charge in [0.2, 0.25) is 0 Å². The molecule has 1 aromatic rings. The minimum atomic E-state index is 0.105. The average Bonchev–Trinajstić information content (AvgIpc) is 2.21. The van der Waals surface area contributed by atoms with Crippen molar-refractivity contribution in [3.8, 4) is 5.75 Å². The van der Waals surface area contributed by atoms with E-state index in [1.54, 1.807) is 7.11 Å². The van der Waals surface area contributed by atoms with Gasteiger partial charge in [0.05, 0.1) is 12.4 Å². The monoisotopic (exact) mass is 256 g/mol. The van der Waals surface area contributed by atoms with Gasteiger partial charge in [-0.3, -0.25) is 4.79 Å². The minimum Gasteiger partial charge on any atom is -0.496 e. The second-order valence-electron chi connectivity index (χ2n) is 3.12. The maximum absolute atomic E-state index is 11.5. The first-order valence-corrected chi connectivity index (χ1v) is 5.47. The number of halogens is 1. The highest BCUT2D eigenvalue weighted by Crippen LogP contribution is 2.24. The van der Waals surface area contributed by atoms with E-state index in [2.05, 4.69) is 15.9 Å². The van der Waals surface area contributed by atoms with Crippen molar-refractivity contribution in [1.82, 2.24) is 0 Å². The van der Waals surface area contributed by atoms with Crippen molar-refractivity contribution in [1.29, 1.82) is 0 Å². The van der Waals surface area contributed by atoms with E-state index in [0.29, 0.717) is 5.33 Å². The summed E-state index contributed by atoms with van der Waals surface area (Å²) in [6.07, 6.45) is 0. The van der Waals surface area contributed by atoms with Gasteiger partial charge >= 0.3 is 0 Å². The smallest absolute Gasteiger partial charge is 0.173 e. The van der Waals surface area contributed by atoms with Crippen LogP contribution in [0.15, 0.2) is 12.1 Å². The molecule has 0 aliphatic carbocycles. The first kappa shape index (κ1) is 11.2. The van der Waals surface area contributed by atoms with Crippen LogP contribution < -0.4 is 4.74 Å². The Morgan fingerprint density at radius 2 is 2.00 bits per heavy atom. The summed E-state index contributed by atoms with van der Waals surface area (Å²) in [6.45, 7) is 3.90. The molecular formula is C11H13BrO2. The molecule has 2 nitrogen and oxygen atoms in total. The normalized spacial score (nSPS) is 10.0. The number of benzene rings is 1. The number of ketones is 1. The molecule has 0 aliphatic heterocycles. The van der Waals surface area contributed by atoms with Crippen molar-refractivity contribution < 1.29 is 9.53 Å². The highest BCUT2D eigenvalue weighted by Gasteiger charge is 2.11. The first-order valence-electron chi connectivity index (χ1n) is 4.35. The molecule has 0 bridgehead atoms. The Bertz CT molecular complexity index is 359. The molecule has 0 N–H and O–H groups in total. The van der Waals surface area contributed by atoms with E-state index in [1.807, 2.05) is 26.0 Å². The molecule has 0 spiro atoms. The van der Waals surface area contributed by atoms with Gasteiger partial charge in [0.1, 0.15) is 5.75 Å². The van der Waals surface area contributed by atoms with Crippen LogP contribution in [0.5, 0.6) is 5.75 Å². The SMILES string of the molecule is COc1ccc(C(=O)CBr)c(C)c1C. The molecule has 76 valence electrons. The molecule has 0 fully saturated rings. The van der Waals surface area contributed by atoms with Crippen molar-refractivity contribution in [3.63, 3.8) is 0 Å². The molecular weight excluding hydrogens is 244 g/mol. The molecule has 1 aromatic carbocycles. The highest BCUT2D eigenvalue weighted by molar-refractivity contribution is 9.09. The molecule has 14 heavy (non-hydrogen) atoms. The molecule has 0 heterocycles. The van der Waals surface area contributed by atoms with Crippen molar-refractivity contribution in [2.75, 3.05) is 12.4 Å². The van der Waals surface area contributed by atoms with Crippen LogP contribution in [-0.4, -0.2) is 18.2 Å². The molecule has 0 radical (unpaired) electrons. The van der Waals surface area contributed by atoms with E-state index in [0.717, 1.165) is 22.4 Å². The summed E-state index contributed by atoms with van der Waals surface area (Å²) in [6, 6.07) is 3.64. The Morgan fingerprint density at radius 1 is 1.36 bits per heavy atom. The maximum atomic E-state index is 11.5. The number of methoxy groups -OCH3 is 1. The summed E-state index contributed by atoms with van der Waals surface area (Å²) in [5.41, 5.74) is 2.79. The topological polar surface area (TPSA) is 26.3 Å². The molecule has 1 rings (SSSR count). The third kappa shape index (κ3) is 1.98. The summed E-state index contributed by atoms with van der Waals surface area (Å²) < 4.78 is 5.17. The Hall–Kier alpha value is -0.830. The zero-order valence-corrected chi connectivity index (χ0v) is 10.1. The average molecular weight is 257 g/mol. The van der Waals surface area contributed by atoms with Crippen molar-refractivity contribution >= 4 is 21.7 Å². The first-order chi connectivity index (χ1) is 6.61. The quantitative estimate of drug-likeness (QED) is 0.614. The summed E-state index contributed by atoms with van der Waals surface area (Å²) in [5.74, 6) is 0.932. The molecule has 0 unspecified atom stereocenters. The number of hydrogen-bond donors (Lipinski definition) is 0. The van der Waals surface area contributed by atoms with Gasteiger partial charge in [0, 0.05) is 5.56 Å². The Labute approximate surface area is 92.4 Å². The maximum Gasteiger partial charge on any atom is 0.173 e. The zero-order chi connectivity index (χ0) is 10.7. The lowest BCUT2D eigenvalue weighted by atomic mass is 10.00. The minimum absolute atomic E-state index is 0.105. The third-order valence-corrected chi connectivity index (χ3v) is 2.89. The predicted molar refractivity (Wildman–Crippen MR) is 60.6 cm³/mol. The van der Waals surface area contributed by atoms with Crippen LogP contribution in [0, 0.1) is 13.8 Å². The van der Waals surface area contributed by atoms with E-state index in [9.17, 15) is 4.79 Å². The second-order valence-corrected chi connectivity index (χ2v) is 3.68. The van der Waals surface area contributed by atoms with Crippen LogP contribution in [-0.2, 0) is 0 Å². The molecule has 0 saturated carbocycles. The fourth-order valence-corrected chi connectivity index (χ4v) is 1.69. The molecule has 0 aromatic heterocycles. The van der Waals surface area contributed by atoms with Crippen LogP contribution >= 0.6 is 15.9 Å². The molecule has 0 amide bonds. The lowest BCUT2D eigenvalue weighted by molar-refractivity contribution is 0.102. The lowest BCUT2D eigenvalue weighted by Crippen LogP contribution is -2.04. The third-order valence-electron chi connectivity index (χ3n) is 2.38. The summed E-state index contributed by atoms with van der Waals surface area (Å²) in [4.78, 5) is 11.5. The number of ether oxygens (including phenoxy) is 1. The number of Topliss-reactive ketones (excluding diaryl/α,β-unsaturated/α-hetero) is 1. The number of alkyl halides is 1. The van der Waals surface area contributed by atoms with Gasteiger partial charge < -0.3 is 4.74 Å². The van der Waals surface area contributed by atoms with Crippen molar-refractivity contribution in [2.45, 2.75) is 13.8 Å². The van der Waals surface area contributed by atoms with Crippen LogP contribution in [0.2, 0.25) is 0 Å². The van der Waals surface area contributed by atoms with Crippen LogP contribution in [0.1, 0.15) is 21.5 Å². The fraction of sp³-hybridized carbons (Fsp3) is 0.364. The van der Waals surface area contributed by atoms with Crippen molar-refractivity contribution in [3.05, 3.63) is 28.8 Å². The molecule has 0 saturated heterocycles. The zero-order valence-electron chi connectivity index (χ0n) is 8.56. The highest BCUT2D eigenvalue weighted by atomic mass is 79.9. The van der Waals surface area contributed by atoms with Gasteiger partial charge in [-0.1, -0.05) is 15.9 Å². The van der Waals surface area contributed by atoms with E-state index < -0.39 is 0 Å². The van der Waals surface area contributed by atoms with E-state index in [1.165, 1.54) is 0 Å². The molecule has 0 aliphatic rings. The Morgan fingerprint density at radius 3 is 2.50 bits per heavy atom. The second kappa shape index (κ2) is 4.60. The lowest BCUT2D eigenvalue weighted by Gasteiger charge is -2.10. The molecule has 0 atom stereocenters. The van der Waals surface area contributed by atoms with Gasteiger partial charge in [0.15, 0.2) is 5.78 Å². The van der Waals surface area contributed by atoms with Crippen LogP contribution in [0.4, 0.5) is 0 Å². The Balaban J connectivity index is 3.24. The number of carbonyl (C=O) groups excluding carboxylic acids is 1. The van der Waals surface area contributed by atoms with E-state index >= 15 is 0 Å². The van der Waals surface area contributed by atoms with Crippen LogP contribution in [0.25, 0.3) is 0 Å². The van der Waals surface area contributed by atoms with Crippen molar-refractivity contribution in [2.24, 2.45) is 0 Å². The fourth-order valence-electron chi connectivity index (χ4n) is 1.39. The predicted octanol–water partition coefficient (Wildman–Crippen LogP) is 2.89.